The highest BCUT2D eigenvalue weighted by Crippen LogP contribution is 2.21. The highest BCUT2D eigenvalue weighted by molar-refractivity contribution is 5.73. The molecule has 1 N–H and O–H groups in total. The molecule has 2 heterocycles. The second-order valence-corrected chi connectivity index (χ2v) is 5.19. The number of fused-ring (bicyclic) bond motifs is 1. The van der Waals surface area contributed by atoms with Crippen LogP contribution in [0.5, 0.6) is 0 Å². The summed E-state index contributed by atoms with van der Waals surface area (Å²) in [6, 6.07) is 8.04. The van der Waals surface area contributed by atoms with E-state index in [1.54, 1.807) is 0 Å². The molecule has 1 atom stereocenters. The zero-order valence-electron chi connectivity index (χ0n) is 12.4. The smallest absolute Gasteiger partial charge is 0.138 e. The molecule has 0 bridgehead atoms. The van der Waals surface area contributed by atoms with E-state index in [1.165, 1.54) is 0 Å². The third-order valence-electron chi connectivity index (χ3n) is 3.61. The van der Waals surface area contributed by atoms with Gasteiger partial charge < -0.3 is 9.84 Å². The fourth-order valence-corrected chi connectivity index (χ4v) is 2.55. The summed E-state index contributed by atoms with van der Waals surface area (Å²) in [4.78, 5) is 9.03. The largest absolute Gasteiger partial charge is 0.361 e. The summed E-state index contributed by atoms with van der Waals surface area (Å²) >= 11 is 0. The molecule has 3 aromatic rings. The molecule has 3 rings (SSSR count). The lowest BCUT2D eigenvalue weighted by atomic mass is 10.1. The van der Waals surface area contributed by atoms with Crippen molar-refractivity contribution in [1.29, 1.82) is 0 Å². The van der Waals surface area contributed by atoms with E-state index in [4.69, 9.17) is 4.52 Å². The van der Waals surface area contributed by atoms with Crippen LogP contribution in [0.15, 0.2) is 35.0 Å². The molecule has 5 nitrogen and oxygen atoms in total. The van der Waals surface area contributed by atoms with Crippen LogP contribution in [0.2, 0.25) is 0 Å². The van der Waals surface area contributed by atoms with Crippen molar-refractivity contribution in [2.45, 2.75) is 33.4 Å². The van der Waals surface area contributed by atoms with Gasteiger partial charge in [-0.05, 0) is 32.9 Å². The van der Waals surface area contributed by atoms with E-state index >= 15 is 0 Å². The van der Waals surface area contributed by atoms with Crippen molar-refractivity contribution in [3.8, 4) is 0 Å². The third-order valence-corrected chi connectivity index (χ3v) is 3.61. The second kappa shape index (κ2) is 5.61. The number of benzene rings is 1. The molecule has 0 saturated carbocycles. The number of hydrogen-bond acceptors (Lipinski definition) is 5. The molecule has 0 aliphatic heterocycles. The van der Waals surface area contributed by atoms with E-state index in [1.807, 2.05) is 44.3 Å². The molecule has 0 radical (unpaired) electrons. The standard InChI is InChI=1S/C16H18N4O/c1-10(16-11(2)20-21-12(16)3)17-8-13-9-18-14-6-4-5-7-15(14)19-13/h4-7,9-10,17H,8H2,1-3H3. The van der Waals surface area contributed by atoms with Crippen molar-refractivity contribution in [2.24, 2.45) is 0 Å². The quantitative estimate of drug-likeness (QED) is 0.796. The molecule has 0 fully saturated rings. The molecular formula is C16H18N4O. The first-order valence-electron chi connectivity index (χ1n) is 7.02. The van der Waals surface area contributed by atoms with Crippen molar-refractivity contribution in [3.05, 3.63) is 53.2 Å². The molecule has 108 valence electrons. The first-order valence-corrected chi connectivity index (χ1v) is 7.02. The third kappa shape index (κ3) is 2.78. The van der Waals surface area contributed by atoms with Crippen LogP contribution in [0.4, 0.5) is 0 Å². The van der Waals surface area contributed by atoms with Crippen LogP contribution < -0.4 is 5.32 Å². The van der Waals surface area contributed by atoms with Crippen molar-refractivity contribution in [2.75, 3.05) is 0 Å². The minimum absolute atomic E-state index is 0.157. The molecule has 2 aromatic heterocycles. The van der Waals surface area contributed by atoms with Gasteiger partial charge in [-0.25, -0.2) is 4.98 Å². The Labute approximate surface area is 123 Å². The van der Waals surface area contributed by atoms with Crippen molar-refractivity contribution in [3.63, 3.8) is 0 Å². The number of aryl methyl sites for hydroxylation is 2. The molecule has 0 spiro atoms. The van der Waals surface area contributed by atoms with E-state index in [9.17, 15) is 0 Å². The normalized spacial score (nSPS) is 12.7. The number of nitrogens with zero attached hydrogens (tertiary/aromatic N) is 3. The molecule has 1 unspecified atom stereocenters. The van der Waals surface area contributed by atoms with E-state index in [0.717, 1.165) is 33.7 Å². The number of nitrogens with one attached hydrogen (secondary N) is 1. The highest BCUT2D eigenvalue weighted by atomic mass is 16.5. The zero-order valence-corrected chi connectivity index (χ0v) is 12.4. The Morgan fingerprint density at radius 1 is 1.19 bits per heavy atom. The van der Waals surface area contributed by atoms with E-state index in [-0.39, 0.29) is 6.04 Å². The Balaban J connectivity index is 1.74. The van der Waals surface area contributed by atoms with Gasteiger partial charge in [0.15, 0.2) is 0 Å². The molecular weight excluding hydrogens is 264 g/mol. The van der Waals surface area contributed by atoms with Gasteiger partial charge in [0.2, 0.25) is 0 Å². The minimum atomic E-state index is 0.157. The van der Waals surface area contributed by atoms with Gasteiger partial charge in [-0.1, -0.05) is 17.3 Å². The topological polar surface area (TPSA) is 63.8 Å². The fourth-order valence-electron chi connectivity index (χ4n) is 2.55. The Kier molecular flexibility index (Phi) is 3.66. The maximum atomic E-state index is 5.21. The summed E-state index contributed by atoms with van der Waals surface area (Å²) < 4.78 is 5.21. The van der Waals surface area contributed by atoms with Crippen LogP contribution >= 0.6 is 0 Å². The minimum Gasteiger partial charge on any atom is -0.361 e. The Hall–Kier alpha value is -2.27. The molecule has 5 heteroatoms. The maximum Gasteiger partial charge on any atom is 0.138 e. The van der Waals surface area contributed by atoms with Crippen LogP contribution in [-0.2, 0) is 6.54 Å². The Morgan fingerprint density at radius 3 is 2.67 bits per heavy atom. The van der Waals surface area contributed by atoms with Gasteiger partial charge in [-0.3, -0.25) is 4.98 Å². The lowest BCUT2D eigenvalue weighted by Gasteiger charge is -2.13. The van der Waals surface area contributed by atoms with Gasteiger partial charge in [0, 0.05) is 18.2 Å². The monoisotopic (exact) mass is 282 g/mol. The average molecular weight is 282 g/mol. The lowest BCUT2D eigenvalue weighted by Crippen LogP contribution is -2.19. The van der Waals surface area contributed by atoms with Gasteiger partial charge in [0.05, 0.1) is 28.6 Å². The van der Waals surface area contributed by atoms with Crippen LogP contribution in [0, 0.1) is 13.8 Å². The summed E-state index contributed by atoms with van der Waals surface area (Å²) in [6.45, 7) is 6.65. The SMILES string of the molecule is Cc1noc(C)c1C(C)NCc1cnc2ccccc2n1. The number of rotatable bonds is 4. The van der Waals surface area contributed by atoms with Gasteiger partial charge in [-0.15, -0.1) is 0 Å². The highest BCUT2D eigenvalue weighted by Gasteiger charge is 2.16. The average Bonchev–Trinajstić information content (AvgIpc) is 2.84. The van der Waals surface area contributed by atoms with Crippen molar-refractivity contribution in [1.82, 2.24) is 20.4 Å². The number of aromatic nitrogens is 3. The van der Waals surface area contributed by atoms with Crippen LogP contribution in [0.1, 0.15) is 35.7 Å². The maximum absolute atomic E-state index is 5.21. The summed E-state index contributed by atoms with van der Waals surface area (Å²) in [5.41, 5.74) is 4.80. The lowest BCUT2D eigenvalue weighted by molar-refractivity contribution is 0.390. The van der Waals surface area contributed by atoms with Gasteiger partial charge in [0.25, 0.3) is 0 Å². The molecule has 1 aromatic carbocycles. The van der Waals surface area contributed by atoms with Crippen LogP contribution in [0.25, 0.3) is 11.0 Å². The van der Waals surface area contributed by atoms with Gasteiger partial charge in [-0.2, -0.15) is 0 Å². The second-order valence-electron chi connectivity index (χ2n) is 5.19. The summed E-state index contributed by atoms with van der Waals surface area (Å²) in [7, 11) is 0. The molecule has 0 saturated heterocycles. The Bertz CT molecular complexity index is 746. The summed E-state index contributed by atoms with van der Waals surface area (Å²) in [6.07, 6.45) is 1.81. The number of hydrogen-bond donors (Lipinski definition) is 1. The van der Waals surface area contributed by atoms with Crippen LogP contribution in [-0.4, -0.2) is 15.1 Å². The van der Waals surface area contributed by atoms with E-state index in [2.05, 4.69) is 27.4 Å². The van der Waals surface area contributed by atoms with Crippen molar-refractivity contribution >= 4 is 11.0 Å². The molecule has 0 aliphatic carbocycles. The zero-order chi connectivity index (χ0) is 14.8. The van der Waals surface area contributed by atoms with Gasteiger partial charge >= 0.3 is 0 Å². The molecule has 0 aliphatic rings. The molecule has 0 amide bonds. The summed E-state index contributed by atoms with van der Waals surface area (Å²) in [5, 5.41) is 7.44. The van der Waals surface area contributed by atoms with E-state index < -0.39 is 0 Å². The molecule has 21 heavy (non-hydrogen) atoms. The Morgan fingerprint density at radius 2 is 1.95 bits per heavy atom. The fraction of sp³-hybridized carbons (Fsp3) is 0.312. The van der Waals surface area contributed by atoms with Gasteiger partial charge in [0.1, 0.15) is 5.76 Å². The predicted molar refractivity (Wildman–Crippen MR) is 80.8 cm³/mol. The number of para-hydroxylation sites is 2. The first-order chi connectivity index (χ1) is 10.1. The predicted octanol–water partition coefficient (Wildman–Crippen LogP) is 3.09. The van der Waals surface area contributed by atoms with Crippen molar-refractivity contribution < 1.29 is 4.52 Å². The first kappa shape index (κ1) is 13.7. The summed E-state index contributed by atoms with van der Waals surface area (Å²) in [5.74, 6) is 0.858. The van der Waals surface area contributed by atoms with Crippen LogP contribution in [0.3, 0.4) is 0 Å². The van der Waals surface area contributed by atoms with E-state index in [0.29, 0.717) is 6.54 Å².